The fourth-order valence-electron chi connectivity index (χ4n) is 4.58. The normalized spacial score (nSPS) is 25.9. The minimum atomic E-state index is -1.02. The average Bonchev–Trinajstić information content (AvgIpc) is 2.89. The molecule has 1 fully saturated rings. The number of hydrogen-bond acceptors (Lipinski definition) is 7. The van der Waals surface area contributed by atoms with E-state index in [4.69, 9.17) is 4.74 Å². The number of cyclic esters (lactones) is 1. The Labute approximate surface area is 250 Å². The Balaban J connectivity index is 3.33. The molecule has 12 heteroatoms. The van der Waals surface area contributed by atoms with E-state index in [1.165, 1.54) is 6.92 Å². The van der Waals surface area contributed by atoms with Gasteiger partial charge in [0.25, 0.3) is 0 Å². The van der Waals surface area contributed by atoms with Gasteiger partial charge in [-0.3, -0.25) is 24.0 Å². The highest BCUT2D eigenvalue weighted by Gasteiger charge is 2.33. The van der Waals surface area contributed by atoms with Crippen LogP contribution in [0.3, 0.4) is 0 Å². The van der Waals surface area contributed by atoms with Crippen molar-refractivity contribution in [3.05, 3.63) is 0 Å². The van der Waals surface area contributed by atoms with Crippen molar-refractivity contribution in [3.8, 4) is 0 Å². The summed E-state index contributed by atoms with van der Waals surface area (Å²) in [4.78, 5) is 78.2. The summed E-state index contributed by atoms with van der Waals surface area (Å²) in [6.07, 6.45) is 3.51. The van der Waals surface area contributed by atoms with Gasteiger partial charge in [0.2, 0.25) is 29.5 Å². The van der Waals surface area contributed by atoms with Crippen LogP contribution in [0.15, 0.2) is 0 Å². The zero-order valence-corrected chi connectivity index (χ0v) is 26.6. The number of carbonyl (C=O) groups excluding carboxylic acids is 6. The van der Waals surface area contributed by atoms with Crippen molar-refractivity contribution in [1.82, 2.24) is 26.6 Å². The van der Waals surface area contributed by atoms with Gasteiger partial charge >= 0.3 is 5.97 Å². The number of nitrogens with one attached hydrogen (secondary N) is 5. The molecule has 1 rings (SSSR count). The Morgan fingerprint density at radius 1 is 0.738 bits per heavy atom. The summed E-state index contributed by atoms with van der Waals surface area (Å²) in [5, 5.41) is 13.2. The van der Waals surface area contributed by atoms with Gasteiger partial charge in [-0.1, -0.05) is 67.7 Å². The maximum Gasteiger partial charge on any atom is 0.329 e. The van der Waals surface area contributed by atoms with Crippen LogP contribution in [0.1, 0.15) is 100 Å². The summed E-state index contributed by atoms with van der Waals surface area (Å²) in [6, 6.07) is -3.95. The van der Waals surface area contributed by atoms with Crippen molar-refractivity contribution >= 4 is 35.5 Å². The van der Waals surface area contributed by atoms with Crippen LogP contribution in [-0.4, -0.2) is 72.3 Å². The zero-order valence-electron chi connectivity index (χ0n) is 26.6. The molecule has 0 saturated carbocycles. The van der Waals surface area contributed by atoms with Gasteiger partial charge < -0.3 is 31.3 Å². The minimum absolute atomic E-state index is 0.0316. The molecule has 42 heavy (non-hydrogen) atoms. The quantitative estimate of drug-likeness (QED) is 0.199. The predicted octanol–water partition coefficient (Wildman–Crippen LogP) is 1.71. The fraction of sp³-hybridized carbons (Fsp3) is 0.800. The topological polar surface area (TPSA) is 172 Å². The molecule has 1 saturated heterocycles. The van der Waals surface area contributed by atoms with E-state index in [2.05, 4.69) is 33.5 Å². The predicted molar refractivity (Wildman–Crippen MR) is 159 cm³/mol. The van der Waals surface area contributed by atoms with Gasteiger partial charge in [0, 0.05) is 0 Å². The summed E-state index contributed by atoms with van der Waals surface area (Å²) < 4.78 is 5.74. The molecule has 240 valence electrons. The summed E-state index contributed by atoms with van der Waals surface area (Å²) >= 11 is 0. The van der Waals surface area contributed by atoms with Crippen LogP contribution in [0.4, 0.5) is 0 Å². The SMILES string of the molecule is CCCCCCC1CC(=O)NCC(=O)NC(C(C)C)C(=O)N[C@H](CC(C)C)C(=O)N[C@@H](C)C(=O)NC(C(C)C)C(=O)O1. The van der Waals surface area contributed by atoms with Crippen molar-refractivity contribution in [2.45, 2.75) is 131 Å². The fourth-order valence-corrected chi connectivity index (χ4v) is 4.58. The third-order valence-corrected chi connectivity index (χ3v) is 7.10. The van der Waals surface area contributed by atoms with Crippen molar-refractivity contribution < 1.29 is 33.5 Å². The average molecular weight is 596 g/mol. The molecule has 1 aliphatic heterocycles. The van der Waals surface area contributed by atoms with Gasteiger partial charge in [-0.25, -0.2) is 4.79 Å². The highest BCUT2D eigenvalue weighted by atomic mass is 16.5. The lowest BCUT2D eigenvalue weighted by molar-refractivity contribution is -0.156. The first-order valence-corrected chi connectivity index (χ1v) is 15.3. The monoisotopic (exact) mass is 595 g/mol. The molecule has 0 bridgehead atoms. The second-order valence-electron chi connectivity index (χ2n) is 12.3. The van der Waals surface area contributed by atoms with Crippen LogP contribution in [0.5, 0.6) is 0 Å². The van der Waals surface area contributed by atoms with Crippen LogP contribution in [0.25, 0.3) is 0 Å². The van der Waals surface area contributed by atoms with E-state index in [1.54, 1.807) is 27.7 Å². The molecule has 12 nitrogen and oxygen atoms in total. The summed E-state index contributed by atoms with van der Waals surface area (Å²) in [5.74, 6) is -4.04. The van der Waals surface area contributed by atoms with E-state index in [0.717, 1.165) is 25.7 Å². The molecule has 0 aromatic heterocycles. The highest BCUT2D eigenvalue weighted by molar-refractivity contribution is 5.95. The van der Waals surface area contributed by atoms with E-state index in [0.29, 0.717) is 12.8 Å². The van der Waals surface area contributed by atoms with E-state index >= 15 is 0 Å². The third kappa shape index (κ3) is 13.2. The molecule has 0 aliphatic carbocycles. The maximum atomic E-state index is 13.2. The Bertz CT molecular complexity index is 937. The highest BCUT2D eigenvalue weighted by Crippen LogP contribution is 2.15. The number of hydrogen-bond donors (Lipinski definition) is 5. The van der Waals surface area contributed by atoms with Crippen molar-refractivity contribution in [2.75, 3.05) is 6.54 Å². The largest absolute Gasteiger partial charge is 0.460 e. The Hall–Kier alpha value is -3.18. The molecule has 5 N–H and O–H groups in total. The van der Waals surface area contributed by atoms with Gasteiger partial charge in [-0.2, -0.15) is 0 Å². The van der Waals surface area contributed by atoms with Gasteiger partial charge in [0.05, 0.1) is 13.0 Å². The third-order valence-electron chi connectivity index (χ3n) is 7.10. The van der Waals surface area contributed by atoms with Crippen LogP contribution in [0.2, 0.25) is 0 Å². The summed E-state index contributed by atoms with van der Waals surface area (Å²) in [7, 11) is 0. The zero-order chi connectivity index (χ0) is 32.0. The molecule has 1 aliphatic rings. The van der Waals surface area contributed by atoms with Gasteiger partial charge in [0.1, 0.15) is 30.3 Å². The number of amides is 5. The molecule has 3 unspecified atom stereocenters. The number of rotatable bonds is 9. The molecular weight excluding hydrogens is 542 g/mol. The number of carbonyl (C=O) groups is 6. The maximum absolute atomic E-state index is 13.2. The Kier molecular flexibility index (Phi) is 16.1. The van der Waals surface area contributed by atoms with Gasteiger partial charge in [0.15, 0.2) is 0 Å². The summed E-state index contributed by atoms with van der Waals surface area (Å²) in [5.41, 5.74) is 0. The lowest BCUT2D eigenvalue weighted by Crippen LogP contribution is -2.58. The smallest absolute Gasteiger partial charge is 0.329 e. The summed E-state index contributed by atoms with van der Waals surface area (Å²) in [6.45, 7) is 14.0. The van der Waals surface area contributed by atoms with Crippen LogP contribution < -0.4 is 26.6 Å². The molecule has 1 heterocycles. The van der Waals surface area contributed by atoms with Crippen LogP contribution >= 0.6 is 0 Å². The van der Waals surface area contributed by atoms with E-state index in [1.807, 2.05) is 13.8 Å². The first-order chi connectivity index (χ1) is 19.7. The van der Waals surface area contributed by atoms with E-state index < -0.39 is 65.8 Å². The van der Waals surface area contributed by atoms with E-state index in [9.17, 15) is 28.8 Å². The molecule has 0 aromatic rings. The Morgan fingerprint density at radius 2 is 1.38 bits per heavy atom. The lowest BCUT2D eigenvalue weighted by atomic mass is 9.99. The number of ether oxygens (including phenoxy) is 1. The Morgan fingerprint density at radius 3 is 1.95 bits per heavy atom. The molecule has 0 aromatic carbocycles. The first-order valence-electron chi connectivity index (χ1n) is 15.3. The van der Waals surface area contributed by atoms with E-state index in [-0.39, 0.29) is 30.7 Å². The standard InChI is InChI=1S/C30H53N5O7/c1-9-10-11-12-13-21-15-23(36)31-16-24(37)34-25(18(4)5)29(40)33-22(14-17(2)3)28(39)32-20(8)27(38)35-26(19(6)7)30(41)42-21/h17-22,25-26H,9-16H2,1-8H3,(H,31,36)(H,32,39)(H,33,40)(H,34,37)(H,35,38)/t20-,21?,22+,25?,26?/m0/s1. The number of esters is 1. The second-order valence-corrected chi connectivity index (χ2v) is 12.3. The molecular formula is C30H53N5O7. The number of unbranched alkanes of at least 4 members (excludes halogenated alkanes) is 3. The molecule has 0 radical (unpaired) electrons. The molecule has 5 atom stereocenters. The first kappa shape index (κ1) is 36.8. The minimum Gasteiger partial charge on any atom is -0.460 e. The van der Waals surface area contributed by atoms with Crippen LogP contribution in [0, 0.1) is 17.8 Å². The van der Waals surface area contributed by atoms with Gasteiger partial charge in [-0.05, 0) is 43.9 Å². The van der Waals surface area contributed by atoms with Crippen LogP contribution in [-0.2, 0) is 33.5 Å². The van der Waals surface area contributed by atoms with Crippen molar-refractivity contribution in [1.29, 1.82) is 0 Å². The van der Waals surface area contributed by atoms with Crippen molar-refractivity contribution in [2.24, 2.45) is 17.8 Å². The molecule has 5 amide bonds. The van der Waals surface area contributed by atoms with Crippen molar-refractivity contribution in [3.63, 3.8) is 0 Å². The molecule has 0 spiro atoms. The lowest BCUT2D eigenvalue weighted by Gasteiger charge is -2.27. The van der Waals surface area contributed by atoms with Gasteiger partial charge in [-0.15, -0.1) is 0 Å². The second kappa shape index (κ2) is 18.4.